The fourth-order valence-corrected chi connectivity index (χ4v) is 3.18. The van der Waals surface area contributed by atoms with Crippen LogP contribution in [-0.2, 0) is 17.5 Å². The Morgan fingerprint density at radius 1 is 1.23 bits per heavy atom. The molecule has 1 aromatic heterocycles. The molecule has 0 saturated carbocycles. The van der Waals surface area contributed by atoms with Crippen LogP contribution in [0.4, 0.5) is 19.0 Å². The number of pyridine rings is 1. The van der Waals surface area contributed by atoms with E-state index in [-0.39, 0.29) is 12.4 Å². The maximum atomic E-state index is 12.8. The summed E-state index contributed by atoms with van der Waals surface area (Å²) < 4.78 is 49.0. The maximum Gasteiger partial charge on any atom is 0.416 e. The van der Waals surface area contributed by atoms with Crippen molar-refractivity contribution < 1.29 is 27.4 Å². The largest absolute Gasteiger partial charge is 0.477 e. The van der Waals surface area contributed by atoms with Crippen molar-refractivity contribution in [2.45, 2.75) is 26.6 Å². The van der Waals surface area contributed by atoms with Gasteiger partial charge in [0.1, 0.15) is 11.4 Å². The number of carbonyl (C=O) groups excluding carboxylic acids is 1. The second kappa shape index (κ2) is 9.34. The van der Waals surface area contributed by atoms with Crippen molar-refractivity contribution in [2.24, 2.45) is 0 Å². The van der Waals surface area contributed by atoms with Gasteiger partial charge in [-0.1, -0.05) is 12.1 Å². The number of nitrogens with one attached hydrogen (secondary N) is 1. The van der Waals surface area contributed by atoms with Crippen molar-refractivity contribution in [3.63, 3.8) is 0 Å². The van der Waals surface area contributed by atoms with Gasteiger partial charge in [-0.25, -0.2) is 0 Å². The summed E-state index contributed by atoms with van der Waals surface area (Å²) in [6.45, 7) is 6.68. The monoisotopic (exact) mass is 423 g/mol. The normalized spacial score (nSPS) is 14.5. The molecular formula is C21H24F3N3O3. The molecule has 1 aliphatic rings. The molecule has 0 atom stereocenters. The number of anilines is 1. The smallest absolute Gasteiger partial charge is 0.416 e. The Kier molecular flexibility index (Phi) is 6.81. The van der Waals surface area contributed by atoms with Crippen LogP contribution in [0.1, 0.15) is 34.0 Å². The molecule has 1 aromatic carbocycles. The molecule has 1 aliphatic heterocycles. The van der Waals surface area contributed by atoms with E-state index in [2.05, 4.69) is 15.2 Å². The summed E-state index contributed by atoms with van der Waals surface area (Å²) in [5.41, 5.74) is 0.862. The van der Waals surface area contributed by atoms with E-state index in [1.54, 1.807) is 6.92 Å². The number of ether oxygens (including phenoxy) is 2. The van der Waals surface area contributed by atoms with Crippen LogP contribution in [0.2, 0.25) is 0 Å². The van der Waals surface area contributed by atoms with Crippen LogP contribution in [0.3, 0.4) is 0 Å². The zero-order valence-electron chi connectivity index (χ0n) is 16.9. The zero-order chi connectivity index (χ0) is 21.7. The second-order valence-corrected chi connectivity index (χ2v) is 6.89. The van der Waals surface area contributed by atoms with E-state index < -0.39 is 17.6 Å². The van der Waals surface area contributed by atoms with Gasteiger partial charge in [-0.05, 0) is 43.2 Å². The number of rotatable bonds is 6. The molecule has 1 fully saturated rings. The number of halogens is 3. The third-order valence-electron chi connectivity index (χ3n) is 4.75. The van der Waals surface area contributed by atoms with E-state index >= 15 is 0 Å². The molecular weight excluding hydrogens is 399 g/mol. The number of hydrogen-bond acceptors (Lipinski definition) is 5. The Balaban J connectivity index is 1.75. The van der Waals surface area contributed by atoms with Crippen molar-refractivity contribution >= 4 is 11.7 Å². The van der Waals surface area contributed by atoms with Gasteiger partial charge in [0.05, 0.1) is 25.4 Å². The van der Waals surface area contributed by atoms with Crippen molar-refractivity contribution in [1.29, 1.82) is 0 Å². The van der Waals surface area contributed by atoms with Gasteiger partial charge in [0, 0.05) is 19.6 Å². The first-order valence-electron chi connectivity index (χ1n) is 9.71. The Hall–Kier alpha value is -2.81. The summed E-state index contributed by atoms with van der Waals surface area (Å²) in [5.74, 6) is 0.569. The summed E-state index contributed by atoms with van der Waals surface area (Å²) in [6, 6.07) is 6.52. The van der Waals surface area contributed by atoms with Gasteiger partial charge in [-0.15, -0.1) is 0 Å². The lowest BCUT2D eigenvalue weighted by Crippen LogP contribution is -2.37. The van der Waals surface area contributed by atoms with E-state index in [0.717, 1.165) is 18.0 Å². The lowest BCUT2D eigenvalue weighted by Gasteiger charge is -2.28. The first-order valence-corrected chi connectivity index (χ1v) is 9.71. The summed E-state index contributed by atoms with van der Waals surface area (Å²) in [7, 11) is 0. The number of nitrogens with zero attached hydrogens (tertiary/aromatic N) is 2. The van der Waals surface area contributed by atoms with Gasteiger partial charge in [-0.2, -0.15) is 18.2 Å². The van der Waals surface area contributed by atoms with Gasteiger partial charge in [0.25, 0.3) is 5.91 Å². The molecule has 30 heavy (non-hydrogen) atoms. The predicted molar refractivity (Wildman–Crippen MR) is 106 cm³/mol. The number of morpholine rings is 1. The van der Waals surface area contributed by atoms with Gasteiger partial charge >= 0.3 is 6.18 Å². The predicted octanol–water partition coefficient (Wildman–Crippen LogP) is 3.57. The summed E-state index contributed by atoms with van der Waals surface area (Å²) >= 11 is 0. The molecule has 0 spiro atoms. The molecule has 162 valence electrons. The highest BCUT2D eigenvalue weighted by Gasteiger charge is 2.30. The standard InChI is InChI=1S/C21H24F3N3O3/c1-3-30-20-18(14(2)12-17(26-20)27-8-10-29-11-9-27)19(28)25-13-15-4-6-16(7-5-15)21(22,23)24/h4-7,12H,3,8-11,13H2,1-2H3,(H,25,28). The molecule has 6 nitrogen and oxygen atoms in total. The number of alkyl halides is 3. The minimum absolute atomic E-state index is 0.0905. The van der Waals surface area contributed by atoms with Crippen LogP contribution in [0, 0.1) is 6.92 Å². The van der Waals surface area contributed by atoms with E-state index in [1.807, 2.05) is 13.0 Å². The summed E-state index contributed by atoms with van der Waals surface area (Å²) in [6.07, 6.45) is -4.39. The molecule has 9 heteroatoms. The Morgan fingerprint density at radius 2 is 1.90 bits per heavy atom. The molecule has 2 aromatic rings. The first kappa shape index (κ1) is 21.9. The average Bonchev–Trinajstić information content (AvgIpc) is 2.72. The van der Waals surface area contributed by atoms with Gasteiger partial charge in [-0.3, -0.25) is 4.79 Å². The number of benzene rings is 1. The molecule has 1 N–H and O–H groups in total. The number of amides is 1. The van der Waals surface area contributed by atoms with E-state index in [1.165, 1.54) is 12.1 Å². The van der Waals surface area contributed by atoms with E-state index in [0.29, 0.717) is 49.6 Å². The topological polar surface area (TPSA) is 63.7 Å². The van der Waals surface area contributed by atoms with Crippen LogP contribution < -0.4 is 15.0 Å². The highest BCUT2D eigenvalue weighted by atomic mass is 19.4. The number of aryl methyl sites for hydroxylation is 1. The SMILES string of the molecule is CCOc1nc(N2CCOCC2)cc(C)c1C(=O)NCc1ccc(C(F)(F)F)cc1. The quantitative estimate of drug-likeness (QED) is 0.770. The van der Waals surface area contributed by atoms with Crippen molar-refractivity contribution in [2.75, 3.05) is 37.8 Å². The lowest BCUT2D eigenvalue weighted by atomic mass is 10.1. The number of aromatic nitrogens is 1. The zero-order valence-corrected chi connectivity index (χ0v) is 16.9. The average molecular weight is 423 g/mol. The fourth-order valence-electron chi connectivity index (χ4n) is 3.18. The van der Waals surface area contributed by atoms with Crippen LogP contribution >= 0.6 is 0 Å². The summed E-state index contributed by atoms with van der Waals surface area (Å²) in [4.78, 5) is 19.4. The van der Waals surface area contributed by atoms with Crippen molar-refractivity contribution in [3.8, 4) is 5.88 Å². The van der Waals surface area contributed by atoms with Gasteiger partial charge in [0.2, 0.25) is 5.88 Å². The fraction of sp³-hybridized carbons (Fsp3) is 0.429. The second-order valence-electron chi connectivity index (χ2n) is 6.89. The number of hydrogen-bond donors (Lipinski definition) is 1. The maximum absolute atomic E-state index is 12.8. The van der Waals surface area contributed by atoms with Gasteiger partial charge in [0.15, 0.2) is 0 Å². The van der Waals surface area contributed by atoms with E-state index in [4.69, 9.17) is 9.47 Å². The summed E-state index contributed by atoms with van der Waals surface area (Å²) in [5, 5.41) is 2.74. The van der Waals surface area contributed by atoms with Crippen LogP contribution in [-0.4, -0.2) is 43.8 Å². The third kappa shape index (κ3) is 5.21. The molecule has 2 heterocycles. The lowest BCUT2D eigenvalue weighted by molar-refractivity contribution is -0.137. The van der Waals surface area contributed by atoms with E-state index in [9.17, 15) is 18.0 Å². The molecule has 0 aliphatic carbocycles. The minimum atomic E-state index is -4.39. The Labute approximate surface area is 173 Å². The van der Waals surface area contributed by atoms with Crippen molar-refractivity contribution in [3.05, 3.63) is 52.6 Å². The molecule has 0 bridgehead atoms. The highest BCUT2D eigenvalue weighted by Crippen LogP contribution is 2.29. The molecule has 0 unspecified atom stereocenters. The highest BCUT2D eigenvalue weighted by molar-refractivity contribution is 5.98. The number of carbonyl (C=O) groups is 1. The molecule has 1 saturated heterocycles. The first-order chi connectivity index (χ1) is 14.3. The van der Waals surface area contributed by atoms with Crippen molar-refractivity contribution in [1.82, 2.24) is 10.3 Å². The van der Waals surface area contributed by atoms with Gasteiger partial charge < -0.3 is 19.7 Å². The molecule has 3 rings (SSSR count). The Bertz CT molecular complexity index is 880. The Morgan fingerprint density at radius 3 is 2.50 bits per heavy atom. The minimum Gasteiger partial charge on any atom is -0.477 e. The van der Waals surface area contributed by atoms with Crippen LogP contribution in [0.15, 0.2) is 30.3 Å². The van der Waals surface area contributed by atoms with Crippen LogP contribution in [0.25, 0.3) is 0 Å². The molecule has 0 radical (unpaired) electrons. The third-order valence-corrected chi connectivity index (χ3v) is 4.75. The molecule has 1 amide bonds. The van der Waals surface area contributed by atoms with Crippen LogP contribution in [0.5, 0.6) is 5.88 Å².